The second-order valence-corrected chi connectivity index (χ2v) is 9.21. The summed E-state index contributed by atoms with van der Waals surface area (Å²) in [6.45, 7) is 4.78. The zero-order chi connectivity index (χ0) is 22.8. The normalized spacial score (nSPS) is 18.3. The fourth-order valence-electron chi connectivity index (χ4n) is 5.12. The van der Waals surface area contributed by atoms with Crippen molar-refractivity contribution in [3.63, 3.8) is 0 Å². The van der Waals surface area contributed by atoms with Crippen LogP contribution in [-0.4, -0.2) is 50.2 Å². The summed E-state index contributed by atoms with van der Waals surface area (Å²) in [5.41, 5.74) is 4.29. The number of aryl methyl sites for hydroxylation is 2. The van der Waals surface area contributed by atoms with Crippen molar-refractivity contribution >= 4 is 11.7 Å². The first-order valence-electron chi connectivity index (χ1n) is 12.1. The number of anilines is 1. The van der Waals surface area contributed by atoms with Gasteiger partial charge >= 0.3 is 0 Å². The molecule has 5 rings (SSSR count). The minimum atomic E-state index is -0.0895. The van der Waals surface area contributed by atoms with Crippen LogP contribution in [0.15, 0.2) is 42.7 Å². The number of hydrogen-bond donors (Lipinski definition) is 0. The average molecular weight is 445 g/mol. The fourth-order valence-corrected chi connectivity index (χ4v) is 5.12. The van der Waals surface area contributed by atoms with Crippen molar-refractivity contribution in [1.82, 2.24) is 24.6 Å². The topological polar surface area (TPSA) is 67.2 Å². The zero-order valence-electron chi connectivity index (χ0n) is 19.6. The molecule has 7 nitrogen and oxygen atoms in total. The molecule has 1 amide bonds. The van der Waals surface area contributed by atoms with E-state index < -0.39 is 0 Å². The summed E-state index contributed by atoms with van der Waals surface area (Å²) in [5, 5.41) is 4.19. The smallest absolute Gasteiger partial charge is 0.257 e. The molecule has 0 N–H and O–H groups in total. The highest BCUT2D eigenvalue weighted by atomic mass is 16.2. The van der Waals surface area contributed by atoms with Gasteiger partial charge in [0.2, 0.25) is 0 Å². The highest BCUT2D eigenvalue weighted by Crippen LogP contribution is 2.34. The van der Waals surface area contributed by atoms with Crippen LogP contribution in [0.3, 0.4) is 0 Å². The van der Waals surface area contributed by atoms with E-state index in [1.54, 1.807) is 17.1 Å². The van der Waals surface area contributed by atoms with Gasteiger partial charge in [-0.1, -0.05) is 30.3 Å². The van der Waals surface area contributed by atoms with Crippen molar-refractivity contribution in [2.45, 2.75) is 51.5 Å². The molecule has 0 radical (unpaired) electrons. The highest BCUT2D eigenvalue weighted by molar-refractivity contribution is 5.94. The number of rotatable bonds is 5. The van der Waals surface area contributed by atoms with Crippen molar-refractivity contribution in [1.29, 1.82) is 0 Å². The van der Waals surface area contributed by atoms with Crippen molar-refractivity contribution in [2.24, 2.45) is 7.05 Å². The van der Waals surface area contributed by atoms with Gasteiger partial charge < -0.3 is 9.80 Å². The standard InChI is InChI=1S/C26H32N6O/c1-19-22-11-8-14-31(16-13-20-9-4-3-5-10-20)25(22)29-24(28-19)23-12-6-7-15-32(23)26(33)21-17-27-30(2)18-21/h3-5,9-10,17-18,23H,6-8,11-16H2,1-2H3/t23-/m0/s1. The lowest BCUT2D eigenvalue weighted by atomic mass is 9.98. The van der Waals surface area contributed by atoms with Gasteiger partial charge in [0.1, 0.15) is 5.82 Å². The van der Waals surface area contributed by atoms with Gasteiger partial charge in [-0.25, -0.2) is 9.97 Å². The lowest BCUT2D eigenvalue weighted by molar-refractivity contribution is 0.0599. The lowest BCUT2D eigenvalue weighted by Crippen LogP contribution is -2.40. The molecule has 7 heteroatoms. The van der Waals surface area contributed by atoms with Crippen LogP contribution in [0.25, 0.3) is 0 Å². The number of benzene rings is 1. The average Bonchev–Trinajstić information content (AvgIpc) is 3.29. The molecule has 2 aliphatic heterocycles. The molecule has 172 valence electrons. The van der Waals surface area contributed by atoms with Crippen molar-refractivity contribution in [2.75, 3.05) is 24.5 Å². The molecule has 0 spiro atoms. The Morgan fingerprint density at radius 2 is 1.94 bits per heavy atom. The molecule has 1 atom stereocenters. The third-order valence-electron chi connectivity index (χ3n) is 6.89. The Balaban J connectivity index is 1.43. The summed E-state index contributed by atoms with van der Waals surface area (Å²) in [5.74, 6) is 1.88. The van der Waals surface area contributed by atoms with E-state index in [4.69, 9.17) is 9.97 Å². The number of hydrogen-bond acceptors (Lipinski definition) is 5. The van der Waals surface area contributed by atoms with Crippen LogP contribution in [0.4, 0.5) is 5.82 Å². The first-order valence-corrected chi connectivity index (χ1v) is 12.1. The van der Waals surface area contributed by atoms with E-state index >= 15 is 0 Å². The molecule has 2 aliphatic rings. The third kappa shape index (κ3) is 4.49. The minimum absolute atomic E-state index is 0.0210. The second-order valence-electron chi connectivity index (χ2n) is 9.21. The number of piperidine rings is 1. The fraction of sp³-hybridized carbons (Fsp3) is 0.462. The predicted octanol–water partition coefficient (Wildman–Crippen LogP) is 3.88. The number of likely N-dealkylation sites (tertiary alicyclic amines) is 1. The summed E-state index contributed by atoms with van der Waals surface area (Å²) in [7, 11) is 1.84. The van der Waals surface area contributed by atoms with Gasteiger partial charge in [-0.05, 0) is 51.0 Å². The van der Waals surface area contributed by atoms with E-state index in [1.807, 2.05) is 11.9 Å². The molecule has 0 bridgehead atoms. The molecule has 1 aromatic carbocycles. The Morgan fingerprint density at radius 1 is 1.09 bits per heavy atom. The lowest BCUT2D eigenvalue weighted by Gasteiger charge is -2.36. The summed E-state index contributed by atoms with van der Waals surface area (Å²) in [6, 6.07) is 10.5. The zero-order valence-corrected chi connectivity index (χ0v) is 19.6. The van der Waals surface area contributed by atoms with Gasteiger partial charge in [0, 0.05) is 44.1 Å². The number of carbonyl (C=O) groups excluding carboxylic acids is 1. The van der Waals surface area contributed by atoms with Gasteiger partial charge in [0.15, 0.2) is 5.82 Å². The Kier molecular flexibility index (Phi) is 6.11. The van der Waals surface area contributed by atoms with E-state index in [-0.39, 0.29) is 11.9 Å². The van der Waals surface area contributed by atoms with Gasteiger partial charge in [0.25, 0.3) is 5.91 Å². The molecule has 1 fully saturated rings. The van der Waals surface area contributed by atoms with E-state index in [2.05, 4.69) is 47.3 Å². The minimum Gasteiger partial charge on any atom is -0.356 e. The van der Waals surface area contributed by atoms with Crippen molar-refractivity contribution < 1.29 is 4.79 Å². The molecule has 0 unspecified atom stereocenters. The molecule has 3 aromatic rings. The van der Waals surface area contributed by atoms with E-state index in [0.29, 0.717) is 5.56 Å². The van der Waals surface area contributed by atoms with Crippen LogP contribution in [0.5, 0.6) is 0 Å². The molecule has 33 heavy (non-hydrogen) atoms. The van der Waals surface area contributed by atoms with E-state index in [0.717, 1.165) is 75.5 Å². The van der Waals surface area contributed by atoms with Crippen LogP contribution >= 0.6 is 0 Å². The van der Waals surface area contributed by atoms with Crippen molar-refractivity contribution in [3.05, 3.63) is 70.9 Å². The van der Waals surface area contributed by atoms with Crippen LogP contribution in [0.2, 0.25) is 0 Å². The highest BCUT2D eigenvalue weighted by Gasteiger charge is 2.33. The first kappa shape index (κ1) is 21.6. The largest absolute Gasteiger partial charge is 0.356 e. The summed E-state index contributed by atoms with van der Waals surface area (Å²) >= 11 is 0. The monoisotopic (exact) mass is 444 g/mol. The quantitative estimate of drug-likeness (QED) is 0.597. The maximum atomic E-state index is 13.3. The van der Waals surface area contributed by atoms with Gasteiger partial charge in [-0.2, -0.15) is 5.10 Å². The van der Waals surface area contributed by atoms with Crippen LogP contribution in [0.1, 0.15) is 64.7 Å². The Hall–Kier alpha value is -3.22. The van der Waals surface area contributed by atoms with E-state index in [1.165, 1.54) is 11.1 Å². The van der Waals surface area contributed by atoms with Crippen LogP contribution < -0.4 is 4.90 Å². The Bertz CT molecular complexity index is 1130. The Labute approximate surface area is 195 Å². The molecule has 0 saturated carbocycles. The van der Waals surface area contributed by atoms with Gasteiger partial charge in [-0.15, -0.1) is 0 Å². The summed E-state index contributed by atoms with van der Waals surface area (Å²) in [4.78, 5) is 27.7. The van der Waals surface area contributed by atoms with Gasteiger partial charge in [-0.3, -0.25) is 9.48 Å². The maximum Gasteiger partial charge on any atom is 0.257 e. The van der Waals surface area contributed by atoms with Crippen LogP contribution in [0, 0.1) is 6.92 Å². The van der Waals surface area contributed by atoms with Crippen LogP contribution in [-0.2, 0) is 19.9 Å². The second kappa shape index (κ2) is 9.33. The third-order valence-corrected chi connectivity index (χ3v) is 6.89. The molecule has 2 aromatic heterocycles. The first-order chi connectivity index (χ1) is 16.1. The molecular formula is C26H32N6O. The predicted molar refractivity (Wildman–Crippen MR) is 128 cm³/mol. The molecule has 0 aliphatic carbocycles. The SMILES string of the molecule is Cc1nc([C@@H]2CCCCN2C(=O)c2cnn(C)c2)nc2c1CCCN2CCc1ccccc1. The Morgan fingerprint density at radius 3 is 2.73 bits per heavy atom. The molecule has 1 saturated heterocycles. The van der Waals surface area contributed by atoms with E-state index in [9.17, 15) is 4.79 Å². The molecule has 4 heterocycles. The summed E-state index contributed by atoms with van der Waals surface area (Å²) in [6.07, 6.45) is 9.57. The maximum absolute atomic E-state index is 13.3. The van der Waals surface area contributed by atoms with Gasteiger partial charge in [0.05, 0.1) is 17.8 Å². The number of aromatic nitrogens is 4. The van der Waals surface area contributed by atoms with Crippen molar-refractivity contribution in [3.8, 4) is 0 Å². The number of nitrogens with zero attached hydrogens (tertiary/aromatic N) is 6. The number of amides is 1. The molecular weight excluding hydrogens is 412 g/mol. The number of fused-ring (bicyclic) bond motifs is 1. The summed E-state index contributed by atoms with van der Waals surface area (Å²) < 4.78 is 1.68. The number of carbonyl (C=O) groups is 1.